The molecule has 1 aromatic heterocycles. The molecule has 2 heterocycles. The van der Waals surface area contributed by atoms with Crippen LogP contribution in [0.25, 0.3) is 11.0 Å². The second-order valence-electron chi connectivity index (χ2n) is 6.69. The van der Waals surface area contributed by atoms with Gasteiger partial charge < -0.3 is 9.73 Å². The van der Waals surface area contributed by atoms with E-state index < -0.39 is 15.9 Å². The fourth-order valence-electron chi connectivity index (χ4n) is 3.19. The predicted octanol–water partition coefficient (Wildman–Crippen LogP) is 4.12. The van der Waals surface area contributed by atoms with E-state index in [2.05, 4.69) is 15.0 Å². The molecule has 2 N–H and O–H groups in total. The minimum atomic E-state index is -3.77. The fraction of sp³-hybridized carbons (Fsp3) is 0.200. The van der Waals surface area contributed by atoms with Crippen LogP contribution in [0.2, 0.25) is 5.02 Å². The Balaban J connectivity index is 1.59. The number of para-hydroxylation sites is 1. The molecule has 0 atom stereocenters. The van der Waals surface area contributed by atoms with Gasteiger partial charge in [-0.2, -0.15) is 0 Å². The number of rotatable bonds is 4. The van der Waals surface area contributed by atoms with Crippen LogP contribution in [0.1, 0.15) is 29.0 Å². The number of benzene rings is 2. The van der Waals surface area contributed by atoms with Crippen LogP contribution in [0.4, 0.5) is 5.69 Å². The third-order valence-electron chi connectivity index (χ3n) is 4.65. The number of hydrogen-bond donors (Lipinski definition) is 2. The summed E-state index contributed by atoms with van der Waals surface area (Å²) in [6.07, 6.45) is 1.43. The number of furan rings is 1. The monoisotopic (exact) mass is 431 g/mol. The average Bonchev–Trinajstić information content (AvgIpc) is 3.30. The van der Waals surface area contributed by atoms with Crippen LogP contribution in [0.3, 0.4) is 0 Å². The number of amidine groups is 1. The number of halogens is 1. The molecule has 1 aliphatic heterocycles. The van der Waals surface area contributed by atoms with E-state index in [1.165, 1.54) is 12.1 Å². The zero-order chi connectivity index (χ0) is 20.6. The van der Waals surface area contributed by atoms with E-state index >= 15 is 0 Å². The van der Waals surface area contributed by atoms with Crippen molar-refractivity contribution in [3.8, 4) is 0 Å². The summed E-state index contributed by atoms with van der Waals surface area (Å²) in [7, 11) is -3.77. The Hall–Kier alpha value is -2.84. The Labute approximate surface area is 172 Å². The Kier molecular flexibility index (Phi) is 5.06. The number of hydrogen-bond acceptors (Lipinski definition) is 5. The van der Waals surface area contributed by atoms with E-state index in [1.54, 1.807) is 31.2 Å². The summed E-state index contributed by atoms with van der Waals surface area (Å²) in [5.41, 5.74) is 1.43. The maximum Gasteiger partial charge on any atom is 0.291 e. The van der Waals surface area contributed by atoms with Gasteiger partial charge in [0, 0.05) is 29.6 Å². The largest absolute Gasteiger partial charge is 0.449 e. The third-order valence-corrected chi connectivity index (χ3v) is 6.33. The van der Waals surface area contributed by atoms with Crippen LogP contribution < -0.4 is 10.0 Å². The minimum absolute atomic E-state index is 0.0364. The number of carbonyl (C=O) groups is 1. The van der Waals surface area contributed by atoms with Gasteiger partial charge in [0.2, 0.25) is 0 Å². The topological polar surface area (TPSA) is 101 Å². The highest BCUT2D eigenvalue weighted by Gasteiger charge is 2.21. The second-order valence-corrected chi connectivity index (χ2v) is 8.78. The summed E-state index contributed by atoms with van der Waals surface area (Å²) in [6.45, 7) is 2.39. The first-order valence-corrected chi connectivity index (χ1v) is 10.9. The number of nitrogens with zero attached hydrogens (tertiary/aromatic N) is 1. The molecule has 150 valence electrons. The minimum Gasteiger partial charge on any atom is -0.449 e. The fourth-order valence-corrected chi connectivity index (χ4v) is 4.54. The van der Waals surface area contributed by atoms with Gasteiger partial charge in [-0.3, -0.25) is 14.5 Å². The number of amides is 1. The summed E-state index contributed by atoms with van der Waals surface area (Å²) in [6, 6.07) is 11.3. The molecular formula is C20H18ClN3O4S. The molecule has 0 bridgehead atoms. The maximum atomic E-state index is 12.7. The highest BCUT2D eigenvalue weighted by Crippen LogP contribution is 2.31. The molecule has 7 nitrogen and oxygen atoms in total. The highest BCUT2D eigenvalue weighted by atomic mass is 35.5. The first-order valence-electron chi connectivity index (χ1n) is 9.00. The first-order chi connectivity index (χ1) is 13.8. The van der Waals surface area contributed by atoms with Crippen molar-refractivity contribution in [3.63, 3.8) is 0 Å². The van der Waals surface area contributed by atoms with E-state index in [0.29, 0.717) is 40.7 Å². The molecule has 29 heavy (non-hydrogen) atoms. The number of aryl methyl sites for hydroxylation is 1. The first kappa shape index (κ1) is 19.5. The molecule has 2 aromatic carbocycles. The number of sulfonamides is 1. The van der Waals surface area contributed by atoms with E-state index in [0.717, 1.165) is 11.8 Å². The Morgan fingerprint density at radius 2 is 2.00 bits per heavy atom. The third kappa shape index (κ3) is 3.86. The van der Waals surface area contributed by atoms with Gasteiger partial charge >= 0.3 is 0 Å². The SMILES string of the molecule is Cc1c(C(=O)Nc2cccc(S(=O)(=O)NC3=NCCC3)c2)oc2c(Cl)cccc12. The van der Waals surface area contributed by atoms with Crippen LogP contribution in [-0.2, 0) is 10.0 Å². The summed E-state index contributed by atoms with van der Waals surface area (Å²) in [5, 5.41) is 3.85. The molecule has 0 unspecified atom stereocenters. The van der Waals surface area contributed by atoms with Crippen molar-refractivity contribution in [2.75, 3.05) is 11.9 Å². The number of aliphatic imine (C=N–C) groups is 1. The van der Waals surface area contributed by atoms with Crippen LogP contribution in [-0.4, -0.2) is 26.7 Å². The van der Waals surface area contributed by atoms with Gasteiger partial charge in [-0.05, 0) is 37.6 Å². The van der Waals surface area contributed by atoms with Crippen molar-refractivity contribution in [3.05, 3.63) is 58.8 Å². The Morgan fingerprint density at radius 3 is 2.72 bits per heavy atom. The number of nitrogens with one attached hydrogen (secondary N) is 2. The maximum absolute atomic E-state index is 12.7. The van der Waals surface area contributed by atoms with Gasteiger partial charge in [-0.1, -0.05) is 29.8 Å². The van der Waals surface area contributed by atoms with Crippen molar-refractivity contribution >= 4 is 50.0 Å². The molecular weight excluding hydrogens is 414 g/mol. The summed E-state index contributed by atoms with van der Waals surface area (Å²) in [5.74, 6) is 0.0893. The lowest BCUT2D eigenvalue weighted by atomic mass is 10.1. The summed E-state index contributed by atoms with van der Waals surface area (Å²) < 4.78 is 33.3. The second kappa shape index (κ2) is 7.53. The smallest absolute Gasteiger partial charge is 0.291 e. The van der Waals surface area contributed by atoms with Crippen molar-refractivity contribution in [2.45, 2.75) is 24.7 Å². The van der Waals surface area contributed by atoms with Gasteiger partial charge in [-0.15, -0.1) is 0 Å². The molecule has 4 rings (SSSR count). The zero-order valence-corrected chi connectivity index (χ0v) is 17.1. The number of anilines is 1. The zero-order valence-electron chi connectivity index (χ0n) is 15.5. The van der Waals surface area contributed by atoms with Gasteiger partial charge in [-0.25, -0.2) is 8.42 Å². The standard InChI is InChI=1S/C20H18ClN3O4S/c1-12-15-7-3-8-16(21)19(15)28-18(12)20(25)23-13-5-2-6-14(11-13)29(26,27)24-17-9-4-10-22-17/h2-3,5-8,11H,4,9-10H2,1H3,(H,22,24)(H,23,25). The van der Waals surface area contributed by atoms with Gasteiger partial charge in [0.1, 0.15) is 5.84 Å². The van der Waals surface area contributed by atoms with Gasteiger partial charge in [0.25, 0.3) is 15.9 Å². The average molecular weight is 432 g/mol. The Bertz CT molecular complexity index is 1250. The van der Waals surface area contributed by atoms with E-state index in [9.17, 15) is 13.2 Å². The van der Waals surface area contributed by atoms with Crippen molar-refractivity contribution in [1.82, 2.24) is 4.72 Å². The van der Waals surface area contributed by atoms with E-state index in [1.807, 2.05) is 6.07 Å². The molecule has 0 saturated carbocycles. The van der Waals surface area contributed by atoms with Gasteiger partial charge in [0.05, 0.1) is 9.92 Å². The summed E-state index contributed by atoms with van der Waals surface area (Å²) >= 11 is 6.14. The normalized spacial score (nSPS) is 14.1. The van der Waals surface area contributed by atoms with Gasteiger partial charge in [0.15, 0.2) is 11.3 Å². The van der Waals surface area contributed by atoms with Crippen molar-refractivity contribution in [2.24, 2.45) is 4.99 Å². The molecule has 3 aromatic rings. The van der Waals surface area contributed by atoms with Crippen LogP contribution in [0.5, 0.6) is 0 Å². The lowest BCUT2D eigenvalue weighted by Gasteiger charge is -2.10. The van der Waals surface area contributed by atoms with Crippen molar-refractivity contribution in [1.29, 1.82) is 0 Å². The Morgan fingerprint density at radius 1 is 1.21 bits per heavy atom. The quantitative estimate of drug-likeness (QED) is 0.648. The summed E-state index contributed by atoms with van der Waals surface area (Å²) in [4.78, 5) is 16.9. The molecule has 9 heteroatoms. The van der Waals surface area contributed by atoms with Crippen molar-refractivity contribution < 1.29 is 17.6 Å². The highest BCUT2D eigenvalue weighted by molar-refractivity contribution is 7.90. The molecule has 0 radical (unpaired) electrons. The van der Waals surface area contributed by atoms with E-state index in [4.69, 9.17) is 16.0 Å². The van der Waals surface area contributed by atoms with E-state index in [-0.39, 0.29) is 10.7 Å². The van der Waals surface area contributed by atoms with Crippen LogP contribution >= 0.6 is 11.6 Å². The van der Waals surface area contributed by atoms with Crippen LogP contribution in [0, 0.1) is 6.92 Å². The lowest BCUT2D eigenvalue weighted by Crippen LogP contribution is -2.29. The lowest BCUT2D eigenvalue weighted by molar-refractivity contribution is 0.0998. The number of carbonyl (C=O) groups excluding carboxylic acids is 1. The molecule has 0 fully saturated rings. The molecule has 0 aliphatic carbocycles. The number of fused-ring (bicyclic) bond motifs is 1. The molecule has 0 saturated heterocycles. The molecule has 1 aliphatic rings. The molecule has 1 amide bonds. The predicted molar refractivity (Wildman–Crippen MR) is 112 cm³/mol. The molecule has 0 spiro atoms. The van der Waals surface area contributed by atoms with Crippen LogP contribution in [0.15, 0.2) is 56.8 Å².